The lowest BCUT2D eigenvalue weighted by Gasteiger charge is -2.33. The smallest absolute Gasteiger partial charge is 0.244 e. The van der Waals surface area contributed by atoms with Gasteiger partial charge in [0.2, 0.25) is 21.8 Å². The van der Waals surface area contributed by atoms with Gasteiger partial charge in [0, 0.05) is 17.6 Å². The van der Waals surface area contributed by atoms with Crippen molar-refractivity contribution in [2.24, 2.45) is 0 Å². The molecule has 0 spiro atoms. The highest BCUT2D eigenvalue weighted by atomic mass is 35.5. The monoisotopic (exact) mass is 581 g/mol. The first kappa shape index (κ1) is 29.5. The lowest BCUT2D eigenvalue weighted by molar-refractivity contribution is -0.140. The highest BCUT2D eigenvalue weighted by molar-refractivity contribution is 7.92. The molecule has 7 nitrogen and oxygen atoms in total. The van der Waals surface area contributed by atoms with Crippen molar-refractivity contribution in [3.8, 4) is 0 Å². The Morgan fingerprint density at radius 1 is 0.971 bits per heavy atom. The summed E-state index contributed by atoms with van der Waals surface area (Å²) in [6, 6.07) is 8.15. The molecule has 0 heterocycles. The lowest BCUT2D eigenvalue weighted by Crippen LogP contribution is -2.53. The van der Waals surface area contributed by atoms with Gasteiger partial charge in [-0.15, -0.1) is 0 Å². The van der Waals surface area contributed by atoms with Gasteiger partial charge in [-0.3, -0.25) is 13.9 Å². The number of hydrogen-bond donors (Lipinski definition) is 1. The van der Waals surface area contributed by atoms with Crippen LogP contribution in [0.1, 0.15) is 32.8 Å². The molecule has 0 fully saturated rings. The van der Waals surface area contributed by atoms with Crippen LogP contribution in [-0.2, 0) is 26.2 Å². The number of anilines is 1. The van der Waals surface area contributed by atoms with Crippen molar-refractivity contribution < 1.29 is 18.0 Å². The van der Waals surface area contributed by atoms with Crippen LogP contribution in [0.25, 0.3) is 0 Å². The van der Waals surface area contributed by atoms with E-state index < -0.39 is 28.5 Å². The Kier molecular flexibility index (Phi) is 10.5. The minimum Gasteiger partial charge on any atom is -0.352 e. The predicted octanol–water partition coefficient (Wildman–Crippen LogP) is 5.40. The lowest BCUT2D eigenvalue weighted by atomic mass is 10.1. The summed E-state index contributed by atoms with van der Waals surface area (Å²) in [5, 5.41) is 3.84. The van der Waals surface area contributed by atoms with Crippen molar-refractivity contribution in [1.29, 1.82) is 0 Å². The number of nitrogens with zero attached hydrogens (tertiary/aromatic N) is 2. The summed E-state index contributed by atoms with van der Waals surface area (Å²) in [4.78, 5) is 27.9. The number of hydrogen-bond acceptors (Lipinski definition) is 4. The topological polar surface area (TPSA) is 86.8 Å². The van der Waals surface area contributed by atoms with Crippen molar-refractivity contribution in [3.05, 3.63) is 62.1 Å². The number of amides is 2. The van der Waals surface area contributed by atoms with Crippen LogP contribution >= 0.6 is 46.4 Å². The highest BCUT2D eigenvalue weighted by Crippen LogP contribution is 2.31. The van der Waals surface area contributed by atoms with Crippen LogP contribution in [0.5, 0.6) is 0 Å². The first-order chi connectivity index (χ1) is 16.2. The standard InChI is InChI=1S/C23H27Cl4N3O4S/c1-5-20(23(32)28-14(2)3)29(12-15-6-8-17(25)18(26)10-15)22(31)13-30(35(4,33)34)21-9-7-16(24)11-19(21)27/h6-11,14,20H,5,12-13H2,1-4H3,(H,28,32)/t20-/m1/s1. The Labute approximate surface area is 226 Å². The maximum Gasteiger partial charge on any atom is 0.244 e. The molecule has 0 aromatic heterocycles. The third kappa shape index (κ3) is 8.15. The van der Waals surface area contributed by atoms with Crippen LogP contribution in [0.3, 0.4) is 0 Å². The zero-order chi connectivity index (χ0) is 26.5. The van der Waals surface area contributed by atoms with E-state index in [9.17, 15) is 18.0 Å². The van der Waals surface area contributed by atoms with Gasteiger partial charge in [-0.05, 0) is 56.2 Å². The molecule has 0 saturated heterocycles. The molecule has 1 atom stereocenters. The third-order valence-corrected chi connectivity index (χ3v) is 7.41. The second-order valence-corrected chi connectivity index (χ2v) is 11.8. The van der Waals surface area contributed by atoms with Crippen molar-refractivity contribution >= 4 is 73.9 Å². The second kappa shape index (κ2) is 12.5. The zero-order valence-corrected chi connectivity index (χ0v) is 23.5. The number of carbonyl (C=O) groups excluding carboxylic acids is 2. The molecule has 35 heavy (non-hydrogen) atoms. The molecule has 2 rings (SSSR count). The predicted molar refractivity (Wildman–Crippen MR) is 143 cm³/mol. The molecule has 2 amide bonds. The number of halogens is 4. The van der Waals surface area contributed by atoms with E-state index >= 15 is 0 Å². The molecule has 0 aliphatic rings. The van der Waals surface area contributed by atoms with Crippen LogP contribution in [0.15, 0.2) is 36.4 Å². The molecule has 2 aromatic rings. The van der Waals surface area contributed by atoms with Gasteiger partial charge in [0.15, 0.2) is 0 Å². The van der Waals surface area contributed by atoms with Crippen molar-refractivity contribution in [2.45, 2.75) is 45.8 Å². The fraction of sp³-hybridized carbons (Fsp3) is 0.391. The number of benzene rings is 2. The van der Waals surface area contributed by atoms with Gasteiger partial charge in [0.25, 0.3) is 0 Å². The normalized spacial score (nSPS) is 12.4. The van der Waals surface area contributed by atoms with E-state index in [0.717, 1.165) is 10.6 Å². The van der Waals surface area contributed by atoms with Gasteiger partial charge in [-0.1, -0.05) is 59.4 Å². The van der Waals surface area contributed by atoms with Gasteiger partial charge in [-0.25, -0.2) is 8.42 Å². The molecule has 0 aliphatic carbocycles. The Bertz CT molecular complexity index is 1190. The van der Waals surface area contributed by atoms with E-state index in [1.165, 1.54) is 23.1 Å². The maximum absolute atomic E-state index is 13.6. The third-order valence-electron chi connectivity index (χ3n) is 5.01. The first-order valence-corrected chi connectivity index (χ1v) is 14.1. The van der Waals surface area contributed by atoms with E-state index in [1.54, 1.807) is 25.1 Å². The molecule has 12 heteroatoms. The number of carbonyl (C=O) groups is 2. The first-order valence-electron chi connectivity index (χ1n) is 10.7. The summed E-state index contributed by atoms with van der Waals surface area (Å²) in [6.45, 7) is 4.82. The van der Waals surface area contributed by atoms with E-state index in [4.69, 9.17) is 46.4 Å². The molecule has 0 saturated carbocycles. The molecule has 0 bridgehead atoms. The Morgan fingerprint density at radius 3 is 2.14 bits per heavy atom. The van der Waals surface area contributed by atoms with E-state index in [0.29, 0.717) is 27.1 Å². The van der Waals surface area contributed by atoms with Crippen LogP contribution in [0.2, 0.25) is 20.1 Å². The van der Waals surface area contributed by atoms with Crippen molar-refractivity contribution in [3.63, 3.8) is 0 Å². The maximum atomic E-state index is 13.6. The Morgan fingerprint density at radius 2 is 1.63 bits per heavy atom. The number of nitrogens with one attached hydrogen (secondary N) is 1. The highest BCUT2D eigenvalue weighted by Gasteiger charge is 2.32. The van der Waals surface area contributed by atoms with E-state index in [2.05, 4.69) is 5.32 Å². The molecule has 0 unspecified atom stereocenters. The molecule has 1 N–H and O–H groups in total. The fourth-order valence-electron chi connectivity index (χ4n) is 3.41. The summed E-state index contributed by atoms with van der Waals surface area (Å²) >= 11 is 24.4. The van der Waals surface area contributed by atoms with Crippen LogP contribution in [0, 0.1) is 0 Å². The van der Waals surface area contributed by atoms with E-state index in [-0.39, 0.29) is 29.2 Å². The summed E-state index contributed by atoms with van der Waals surface area (Å²) < 4.78 is 26.2. The van der Waals surface area contributed by atoms with Gasteiger partial charge in [-0.2, -0.15) is 0 Å². The van der Waals surface area contributed by atoms with Crippen LogP contribution in [0.4, 0.5) is 5.69 Å². The minimum absolute atomic E-state index is 0.00565. The fourth-order valence-corrected chi connectivity index (χ4v) is 5.16. The molecule has 0 radical (unpaired) electrons. The Balaban J connectivity index is 2.50. The van der Waals surface area contributed by atoms with Gasteiger partial charge in [0.05, 0.1) is 27.0 Å². The quantitative estimate of drug-likeness (QED) is 0.406. The molecule has 0 aliphatic heterocycles. The summed E-state index contributed by atoms with van der Waals surface area (Å²) in [7, 11) is -3.92. The molecular formula is C23H27Cl4N3O4S. The molecular weight excluding hydrogens is 556 g/mol. The zero-order valence-electron chi connectivity index (χ0n) is 19.7. The Hall–Kier alpha value is -1.71. The summed E-state index contributed by atoms with van der Waals surface area (Å²) in [6.07, 6.45) is 1.27. The van der Waals surface area contributed by atoms with Gasteiger partial charge in [0.1, 0.15) is 12.6 Å². The van der Waals surface area contributed by atoms with Gasteiger partial charge >= 0.3 is 0 Å². The average Bonchev–Trinajstić information content (AvgIpc) is 2.73. The summed E-state index contributed by atoms with van der Waals surface area (Å²) in [5.74, 6) is -0.954. The largest absolute Gasteiger partial charge is 0.352 e. The van der Waals surface area contributed by atoms with Crippen LogP contribution < -0.4 is 9.62 Å². The van der Waals surface area contributed by atoms with Gasteiger partial charge < -0.3 is 10.2 Å². The number of rotatable bonds is 10. The molecule has 2 aromatic carbocycles. The second-order valence-electron chi connectivity index (χ2n) is 8.22. The van der Waals surface area contributed by atoms with Crippen LogP contribution in [-0.4, -0.2) is 50.0 Å². The summed E-state index contributed by atoms with van der Waals surface area (Å²) in [5.41, 5.74) is 0.722. The average molecular weight is 583 g/mol. The van der Waals surface area contributed by atoms with Crippen molar-refractivity contribution in [2.75, 3.05) is 17.1 Å². The molecule has 192 valence electrons. The van der Waals surface area contributed by atoms with E-state index in [1.807, 2.05) is 13.8 Å². The minimum atomic E-state index is -3.92. The van der Waals surface area contributed by atoms with Crippen molar-refractivity contribution in [1.82, 2.24) is 10.2 Å². The SMILES string of the molecule is CC[C@H](C(=O)NC(C)C)N(Cc1ccc(Cl)c(Cl)c1)C(=O)CN(c1ccc(Cl)cc1Cl)S(C)(=O)=O. The number of sulfonamides is 1.